The molecule has 0 atom stereocenters. The van der Waals surface area contributed by atoms with E-state index in [4.69, 9.17) is 41.2 Å². The predicted octanol–water partition coefficient (Wildman–Crippen LogP) is 35.4. The Kier molecular flexibility index (Phi) is 54.9. The van der Waals surface area contributed by atoms with Crippen LogP contribution in [0.25, 0.3) is 0 Å². The van der Waals surface area contributed by atoms with Gasteiger partial charge in [-0.3, -0.25) is 0 Å². The second kappa shape index (κ2) is 60.1. The van der Waals surface area contributed by atoms with E-state index in [9.17, 15) is 65.5 Å². The second-order valence-corrected chi connectivity index (χ2v) is 37.5. The Bertz CT molecular complexity index is 5170. The van der Waals surface area contributed by atoms with Crippen molar-refractivity contribution in [2.45, 2.75) is 270 Å². The normalized spacial score (nSPS) is 10.8. The Morgan fingerprint density at radius 2 is 0.672 bits per heavy atom. The standard InChI is InChI=1S/C13H16.C12H13F.C12H14.C11H14F2O.C10H11ClF2O.C10H10F3I.C10H11F3O.C10H12F2O.C10H14O2S.C9H10Cl2/c1-5-6-12-7-8-13(10(2)3)11(4)9-12;1-4-5-10-6-7-11(9(2)3)12(13)8-10;1-5-11-6-7-12(9(2)3)10(4)8-11;1-7(2)10-5-4-9(6-8(10)3)14-11(12)13;1-6(2)8-4-3-7(5-9(8)11)14-10(12)13;1-6(2)8-4-3-7(14)5-9(8)10(11,12)13;1-6(2)8-4-3-7(5-9(8)11)14-10(12)13;1-7(2)8-3-5-9(6-4-8)13-10(11)12;1-8(2)9-4-6-10(7-5-9)13(3,11)12;1-6(2)7-4-3-5-8(10)9(7)11/h7-10H,1-4H3;6-9H,1-3H3;1,6-9H,2-4H3;4-7,11H,1-3H3;3-6,10H,1-2H3;3-6H,1-2H3;3-6,10H,1-2H3;3-7,10H,1-2H3;4-8H,1-3H3;3-6H,1-2H3. The summed E-state index contributed by atoms with van der Waals surface area (Å²) >= 11 is 19.6. The van der Waals surface area contributed by atoms with Crippen molar-refractivity contribution in [2.75, 3.05) is 6.26 Å². The fourth-order valence-corrected chi connectivity index (χ4v) is 14.4. The van der Waals surface area contributed by atoms with Crippen molar-refractivity contribution in [1.29, 1.82) is 0 Å². The molecular weight excluding hydrogens is 1890 g/mol. The predicted molar refractivity (Wildman–Crippen MR) is 525 cm³/mol. The molecule has 131 heavy (non-hydrogen) atoms. The average molecular weight is 2020 g/mol. The molecule has 0 bridgehead atoms. The summed E-state index contributed by atoms with van der Waals surface area (Å²) in [5.41, 5.74) is 15.8. The molecule has 10 rings (SSSR count). The number of ether oxygens (including phenoxy) is 4. The Morgan fingerprint density at radius 3 is 1.01 bits per heavy atom. The molecule has 0 aliphatic carbocycles. The number of rotatable bonds is 19. The van der Waals surface area contributed by atoms with Gasteiger partial charge in [0.2, 0.25) is 0 Å². The lowest BCUT2D eigenvalue weighted by Gasteiger charge is -2.15. The van der Waals surface area contributed by atoms with Crippen LogP contribution in [0.3, 0.4) is 0 Å². The summed E-state index contributed by atoms with van der Waals surface area (Å²) in [5.74, 6) is 17.1. The third kappa shape index (κ3) is 46.3. The summed E-state index contributed by atoms with van der Waals surface area (Å²) in [6.45, 7) is 39.0. The Morgan fingerprint density at radius 1 is 0.351 bits per heavy atom. The lowest BCUT2D eigenvalue weighted by Crippen LogP contribution is -2.10. The van der Waals surface area contributed by atoms with E-state index in [1.54, 1.807) is 99.6 Å². The van der Waals surface area contributed by atoms with Crippen LogP contribution in [0.5, 0.6) is 23.0 Å². The number of hydrogen-bond acceptors (Lipinski definition) is 6. The van der Waals surface area contributed by atoms with Crippen LogP contribution >= 0.6 is 57.4 Å². The molecule has 0 unspecified atom stereocenters. The minimum Gasteiger partial charge on any atom is -0.435 e. The van der Waals surface area contributed by atoms with Crippen molar-refractivity contribution in [3.63, 3.8) is 0 Å². The molecule has 0 fully saturated rings. The highest BCUT2D eigenvalue weighted by atomic mass is 127. The number of benzene rings is 10. The number of aryl methyl sites for hydroxylation is 3. The van der Waals surface area contributed by atoms with E-state index >= 15 is 0 Å². The lowest BCUT2D eigenvalue weighted by molar-refractivity contribution is -0.138. The van der Waals surface area contributed by atoms with Crippen molar-refractivity contribution in [3.8, 4) is 59.0 Å². The van der Waals surface area contributed by atoms with Gasteiger partial charge >= 0.3 is 32.6 Å². The van der Waals surface area contributed by atoms with Crippen LogP contribution in [-0.4, -0.2) is 41.1 Å². The maximum atomic E-state index is 13.4. The van der Waals surface area contributed by atoms with Crippen molar-refractivity contribution < 1.29 is 84.4 Å². The summed E-state index contributed by atoms with van der Waals surface area (Å²) in [4.78, 5) is 0.386. The van der Waals surface area contributed by atoms with Gasteiger partial charge in [-0.25, -0.2) is 17.2 Å². The minimum atomic E-state index is -4.25. The van der Waals surface area contributed by atoms with Crippen molar-refractivity contribution in [2.24, 2.45) is 0 Å². The Hall–Kier alpha value is -9.28. The molecule has 0 amide bonds. The highest BCUT2D eigenvalue weighted by Crippen LogP contribution is 2.38. The van der Waals surface area contributed by atoms with Crippen LogP contribution in [0, 0.1) is 72.0 Å². The van der Waals surface area contributed by atoms with E-state index in [1.165, 1.54) is 64.9 Å². The van der Waals surface area contributed by atoms with Crippen LogP contribution in [0.1, 0.15) is 306 Å². The third-order valence-electron chi connectivity index (χ3n) is 19.1. The van der Waals surface area contributed by atoms with E-state index in [2.05, 4.69) is 162 Å². The third-order valence-corrected chi connectivity index (χ3v) is 22.1. The number of sulfone groups is 1. The van der Waals surface area contributed by atoms with Crippen LogP contribution in [-0.2, 0) is 16.0 Å². The molecule has 10 aromatic rings. The minimum absolute atomic E-state index is 0.0237. The SMILES string of the molecule is C#Cc1ccc(C(C)C)c(C)c1.CC#Cc1ccc(C(C)C)c(C)c1.CC#Cc1ccc(C(C)C)c(F)c1.CC(C)c1ccc(I)cc1C(F)(F)F.CC(C)c1ccc(OC(F)F)cc1.CC(C)c1ccc(OC(F)F)cc1Cl.CC(C)c1ccc(OC(F)F)cc1F.CC(C)c1ccc(S(C)(=O)=O)cc1.CC(C)c1cccc(Cl)c1Cl.Cc1cc(OC(F)F)ccc1C(C)C. The number of hydrogen-bond donors (Lipinski definition) is 0. The molecule has 714 valence electrons. The maximum Gasteiger partial charge on any atom is 0.416 e. The highest BCUT2D eigenvalue weighted by Gasteiger charge is 2.34. The second-order valence-electron chi connectivity index (χ2n) is 33.0. The highest BCUT2D eigenvalue weighted by molar-refractivity contribution is 14.1. The van der Waals surface area contributed by atoms with Gasteiger partial charge in [0.05, 0.1) is 20.5 Å². The molecule has 0 saturated heterocycles. The zero-order valence-corrected chi connectivity index (χ0v) is 84.7. The molecule has 0 aliphatic heterocycles. The molecule has 0 saturated carbocycles. The molecule has 6 nitrogen and oxygen atoms in total. The first kappa shape index (κ1) is 120. The van der Waals surface area contributed by atoms with E-state index < -0.39 is 53.8 Å². The van der Waals surface area contributed by atoms with Gasteiger partial charge in [0.25, 0.3) is 0 Å². The largest absolute Gasteiger partial charge is 0.435 e. The molecule has 0 aromatic heterocycles. The van der Waals surface area contributed by atoms with Gasteiger partial charge in [0, 0.05) is 37.6 Å². The molecule has 24 heteroatoms. The molecule has 10 aromatic carbocycles. The van der Waals surface area contributed by atoms with E-state index in [0.717, 1.165) is 61.7 Å². The van der Waals surface area contributed by atoms with Crippen LogP contribution < -0.4 is 18.9 Å². The summed E-state index contributed by atoms with van der Waals surface area (Å²) in [6.07, 6.45) is 2.27. The van der Waals surface area contributed by atoms with Gasteiger partial charge in [-0.1, -0.05) is 270 Å². The molecular formula is C107H125Cl3F13IO6S. The van der Waals surface area contributed by atoms with E-state index in [1.807, 2.05) is 134 Å². The number of terminal acetylenes is 1. The number of alkyl halides is 11. The molecule has 0 radical (unpaired) electrons. The summed E-state index contributed by atoms with van der Waals surface area (Å²) in [5, 5.41) is 1.78. The first-order chi connectivity index (χ1) is 60.9. The van der Waals surface area contributed by atoms with Gasteiger partial charge in [0.15, 0.2) is 9.84 Å². The molecule has 0 N–H and O–H groups in total. The summed E-state index contributed by atoms with van der Waals surface area (Å²) in [6, 6.07) is 55.1. The number of halogens is 17. The van der Waals surface area contributed by atoms with Crippen molar-refractivity contribution >= 4 is 67.2 Å². The van der Waals surface area contributed by atoms with Crippen molar-refractivity contribution in [1.82, 2.24) is 0 Å². The molecule has 0 spiro atoms. The van der Waals surface area contributed by atoms with Crippen LogP contribution in [0.2, 0.25) is 15.1 Å². The quantitative estimate of drug-likeness (QED) is 0.0456. The molecule has 0 heterocycles. The zero-order chi connectivity index (χ0) is 100. The Labute approximate surface area is 800 Å². The van der Waals surface area contributed by atoms with Gasteiger partial charge < -0.3 is 18.9 Å². The molecule has 0 aliphatic rings. The van der Waals surface area contributed by atoms with Crippen LogP contribution in [0.15, 0.2) is 199 Å². The first-order valence-electron chi connectivity index (χ1n) is 42.4. The zero-order valence-electron chi connectivity index (χ0n) is 79.4. The lowest BCUT2D eigenvalue weighted by atomic mass is 9.96. The maximum absolute atomic E-state index is 13.4. The monoisotopic (exact) mass is 2020 g/mol. The smallest absolute Gasteiger partial charge is 0.416 e. The van der Waals surface area contributed by atoms with Gasteiger partial charge in [-0.15, -0.1) is 18.3 Å². The van der Waals surface area contributed by atoms with E-state index in [-0.39, 0.29) is 52.5 Å². The van der Waals surface area contributed by atoms with Crippen molar-refractivity contribution in [3.05, 3.63) is 319 Å². The Balaban J connectivity index is 0.000000728. The first-order valence-corrected chi connectivity index (χ1v) is 46.5. The topological polar surface area (TPSA) is 71.1 Å². The summed E-state index contributed by atoms with van der Waals surface area (Å²) in [7, 11) is -3.05. The van der Waals surface area contributed by atoms with Gasteiger partial charge in [-0.2, -0.15) is 48.3 Å². The van der Waals surface area contributed by atoms with Crippen LogP contribution in [0.4, 0.5) is 57.1 Å². The van der Waals surface area contributed by atoms with E-state index in [0.29, 0.717) is 70.2 Å². The van der Waals surface area contributed by atoms with Gasteiger partial charge in [-0.05, 0) is 298 Å². The average Bonchev–Trinajstić information content (AvgIpc) is 0.810. The summed E-state index contributed by atoms with van der Waals surface area (Å²) < 4.78 is 198. The fraction of sp³-hybridized carbons (Fsp3) is 0.383. The fourth-order valence-electron chi connectivity index (χ4n) is 12.3. The van der Waals surface area contributed by atoms with Gasteiger partial charge in [0.1, 0.15) is 34.6 Å².